The van der Waals surface area contributed by atoms with E-state index in [0.717, 1.165) is 5.56 Å². The zero-order chi connectivity index (χ0) is 17.3. The van der Waals surface area contributed by atoms with E-state index < -0.39 is 30.2 Å². The molecule has 126 valence electrons. The average Bonchev–Trinajstić information content (AvgIpc) is 2.48. The molecule has 1 aromatic carbocycles. The van der Waals surface area contributed by atoms with Crippen molar-refractivity contribution >= 4 is 18.0 Å². The van der Waals surface area contributed by atoms with Crippen LogP contribution in [0, 0.1) is 0 Å². The molecule has 0 atom stereocenters. The Morgan fingerprint density at radius 1 is 1.04 bits per heavy atom. The van der Waals surface area contributed by atoms with E-state index in [-0.39, 0.29) is 6.54 Å². The Kier molecular flexibility index (Phi) is 7.05. The number of rotatable bonds is 6. The molecule has 2 amide bonds. The van der Waals surface area contributed by atoms with Crippen LogP contribution in [0.15, 0.2) is 30.3 Å². The van der Waals surface area contributed by atoms with Crippen LogP contribution in [0.1, 0.15) is 26.3 Å². The molecule has 7 heteroatoms. The van der Waals surface area contributed by atoms with Crippen LogP contribution in [-0.2, 0) is 25.6 Å². The van der Waals surface area contributed by atoms with Crippen molar-refractivity contribution in [2.75, 3.05) is 13.2 Å². The largest absolute Gasteiger partial charge is 0.454 e. The van der Waals surface area contributed by atoms with E-state index in [1.165, 1.54) is 0 Å². The van der Waals surface area contributed by atoms with Crippen LogP contribution in [-0.4, -0.2) is 36.7 Å². The highest BCUT2D eigenvalue weighted by Gasteiger charge is 2.17. The maximum atomic E-state index is 11.5. The number of carbonyl (C=O) groups excluding carboxylic acids is 3. The summed E-state index contributed by atoms with van der Waals surface area (Å²) in [6, 6.07) is 9.35. The highest BCUT2D eigenvalue weighted by Crippen LogP contribution is 2.06. The van der Waals surface area contributed by atoms with Gasteiger partial charge in [-0.2, -0.15) is 0 Å². The predicted octanol–water partition coefficient (Wildman–Crippen LogP) is 1.37. The van der Waals surface area contributed by atoms with E-state index in [0.29, 0.717) is 6.54 Å². The molecule has 0 fully saturated rings. The summed E-state index contributed by atoms with van der Waals surface area (Å²) in [7, 11) is 0. The van der Waals surface area contributed by atoms with E-state index >= 15 is 0 Å². The minimum atomic E-state index is -0.719. The molecule has 0 aliphatic heterocycles. The molecular weight excluding hydrogens is 300 g/mol. The van der Waals surface area contributed by atoms with Crippen molar-refractivity contribution in [1.29, 1.82) is 0 Å². The first-order valence-corrected chi connectivity index (χ1v) is 7.19. The Balaban J connectivity index is 2.17. The summed E-state index contributed by atoms with van der Waals surface area (Å²) in [5.41, 5.74) is 0.296. The Hall–Kier alpha value is -2.57. The Labute approximate surface area is 135 Å². The number of benzene rings is 1. The summed E-state index contributed by atoms with van der Waals surface area (Å²) in [4.78, 5) is 34.3. The molecule has 1 aromatic rings. The Morgan fingerprint density at radius 2 is 1.70 bits per heavy atom. The quantitative estimate of drug-likeness (QED) is 0.772. The van der Waals surface area contributed by atoms with E-state index in [9.17, 15) is 14.4 Å². The molecule has 0 bridgehead atoms. The van der Waals surface area contributed by atoms with E-state index in [1.807, 2.05) is 30.3 Å². The van der Waals surface area contributed by atoms with Crippen LogP contribution in [0.25, 0.3) is 0 Å². The molecule has 7 nitrogen and oxygen atoms in total. The number of alkyl carbamates (subject to hydrolysis) is 1. The maximum Gasteiger partial charge on any atom is 0.408 e. The zero-order valence-electron chi connectivity index (χ0n) is 13.5. The molecule has 0 heterocycles. The Morgan fingerprint density at radius 3 is 2.30 bits per heavy atom. The fraction of sp³-hybridized carbons (Fsp3) is 0.438. The average molecular weight is 322 g/mol. The normalized spacial score (nSPS) is 10.6. The zero-order valence-corrected chi connectivity index (χ0v) is 13.5. The summed E-state index contributed by atoms with van der Waals surface area (Å²) in [6.07, 6.45) is -0.719. The minimum absolute atomic E-state index is 0.355. The van der Waals surface area contributed by atoms with Crippen molar-refractivity contribution in [2.45, 2.75) is 32.9 Å². The van der Waals surface area contributed by atoms with Gasteiger partial charge in [-0.25, -0.2) is 4.79 Å². The lowest BCUT2D eigenvalue weighted by atomic mass is 10.2. The van der Waals surface area contributed by atoms with Gasteiger partial charge in [-0.15, -0.1) is 0 Å². The Bertz CT molecular complexity index is 537. The van der Waals surface area contributed by atoms with E-state index in [2.05, 4.69) is 10.6 Å². The number of nitrogens with one attached hydrogen (secondary N) is 2. The summed E-state index contributed by atoms with van der Waals surface area (Å²) >= 11 is 0. The van der Waals surface area contributed by atoms with Crippen LogP contribution < -0.4 is 10.6 Å². The van der Waals surface area contributed by atoms with E-state index in [1.54, 1.807) is 20.8 Å². The molecule has 0 aliphatic carbocycles. The van der Waals surface area contributed by atoms with Gasteiger partial charge in [0.1, 0.15) is 12.1 Å². The SMILES string of the molecule is CC(C)(C)OC(=O)NCC(=O)OCC(=O)NCc1ccccc1. The van der Waals surface area contributed by atoms with Gasteiger partial charge in [0.05, 0.1) is 0 Å². The third kappa shape index (κ3) is 9.13. The van der Waals surface area contributed by atoms with Crippen molar-refractivity contribution < 1.29 is 23.9 Å². The lowest BCUT2D eigenvalue weighted by Crippen LogP contribution is -2.37. The first kappa shape index (κ1) is 18.5. The molecule has 1 rings (SSSR count). The van der Waals surface area contributed by atoms with Gasteiger partial charge in [-0.05, 0) is 26.3 Å². The number of amides is 2. The summed E-state index contributed by atoms with van der Waals surface area (Å²) in [5, 5.41) is 4.88. The number of carbonyl (C=O) groups is 3. The van der Waals surface area contributed by atoms with Gasteiger partial charge < -0.3 is 20.1 Å². The van der Waals surface area contributed by atoms with Crippen LogP contribution in [0.3, 0.4) is 0 Å². The number of ether oxygens (including phenoxy) is 2. The maximum absolute atomic E-state index is 11.5. The fourth-order valence-corrected chi connectivity index (χ4v) is 1.50. The first-order valence-electron chi connectivity index (χ1n) is 7.19. The third-order valence-corrected chi connectivity index (χ3v) is 2.47. The summed E-state index contributed by atoms with van der Waals surface area (Å²) in [6.45, 7) is 4.72. The molecule has 0 aromatic heterocycles. The molecule has 2 N–H and O–H groups in total. The van der Waals surface area contributed by atoms with Gasteiger partial charge in [-0.3, -0.25) is 9.59 Å². The monoisotopic (exact) mass is 322 g/mol. The minimum Gasteiger partial charge on any atom is -0.454 e. The second-order valence-electron chi connectivity index (χ2n) is 5.78. The molecule has 0 radical (unpaired) electrons. The molecule has 0 saturated carbocycles. The molecule has 0 aliphatic rings. The lowest BCUT2D eigenvalue weighted by Gasteiger charge is -2.19. The van der Waals surface area contributed by atoms with Crippen LogP contribution in [0.5, 0.6) is 0 Å². The van der Waals surface area contributed by atoms with Crippen molar-refractivity contribution in [1.82, 2.24) is 10.6 Å². The van der Waals surface area contributed by atoms with Crippen molar-refractivity contribution in [3.8, 4) is 0 Å². The van der Waals surface area contributed by atoms with Crippen molar-refractivity contribution in [3.63, 3.8) is 0 Å². The third-order valence-electron chi connectivity index (χ3n) is 2.47. The van der Waals surface area contributed by atoms with Gasteiger partial charge in [0.15, 0.2) is 6.61 Å². The van der Waals surface area contributed by atoms with Crippen LogP contribution >= 0.6 is 0 Å². The van der Waals surface area contributed by atoms with Crippen LogP contribution in [0.4, 0.5) is 4.79 Å². The smallest absolute Gasteiger partial charge is 0.408 e. The molecule has 23 heavy (non-hydrogen) atoms. The molecule has 0 unspecified atom stereocenters. The summed E-state index contributed by atoms with van der Waals surface area (Å²) < 4.78 is 9.72. The molecule has 0 saturated heterocycles. The van der Waals surface area contributed by atoms with Crippen molar-refractivity contribution in [3.05, 3.63) is 35.9 Å². The second kappa shape index (κ2) is 8.77. The lowest BCUT2D eigenvalue weighted by molar-refractivity contribution is -0.147. The molecule has 0 spiro atoms. The molecular formula is C16H22N2O5. The van der Waals surface area contributed by atoms with Gasteiger partial charge >= 0.3 is 12.1 Å². The highest BCUT2D eigenvalue weighted by molar-refractivity contribution is 5.82. The van der Waals surface area contributed by atoms with Gasteiger partial charge in [-0.1, -0.05) is 30.3 Å². The van der Waals surface area contributed by atoms with Crippen molar-refractivity contribution in [2.24, 2.45) is 0 Å². The van der Waals surface area contributed by atoms with Crippen LogP contribution in [0.2, 0.25) is 0 Å². The first-order chi connectivity index (χ1) is 10.8. The van der Waals surface area contributed by atoms with Gasteiger partial charge in [0.25, 0.3) is 5.91 Å². The highest BCUT2D eigenvalue weighted by atomic mass is 16.6. The fourth-order valence-electron chi connectivity index (χ4n) is 1.50. The number of hydrogen-bond donors (Lipinski definition) is 2. The topological polar surface area (TPSA) is 93.7 Å². The van der Waals surface area contributed by atoms with Gasteiger partial charge in [0.2, 0.25) is 0 Å². The van der Waals surface area contributed by atoms with Gasteiger partial charge in [0, 0.05) is 6.54 Å². The summed E-state index contributed by atoms with van der Waals surface area (Å²) in [5.74, 6) is -1.13. The standard InChI is InChI=1S/C16H22N2O5/c1-16(2,3)23-15(21)18-10-14(20)22-11-13(19)17-9-12-7-5-4-6-8-12/h4-8H,9-11H2,1-3H3,(H,17,19)(H,18,21). The van der Waals surface area contributed by atoms with E-state index in [4.69, 9.17) is 9.47 Å². The number of hydrogen-bond acceptors (Lipinski definition) is 5. The second-order valence-corrected chi connectivity index (χ2v) is 5.78. The number of esters is 1. The predicted molar refractivity (Wildman–Crippen MR) is 83.5 cm³/mol.